The van der Waals surface area contributed by atoms with E-state index in [1.165, 1.54) is 12.1 Å². The zero-order valence-electron chi connectivity index (χ0n) is 13.2. The summed E-state index contributed by atoms with van der Waals surface area (Å²) in [7, 11) is 0. The number of amides is 1. The molecule has 1 amide bonds. The lowest BCUT2D eigenvalue weighted by molar-refractivity contribution is -0.119. The van der Waals surface area contributed by atoms with Gasteiger partial charge in [0.15, 0.2) is 0 Å². The second-order valence-corrected chi connectivity index (χ2v) is 6.31. The highest BCUT2D eigenvalue weighted by Crippen LogP contribution is 2.21. The summed E-state index contributed by atoms with van der Waals surface area (Å²) < 4.78 is 15.5. The van der Waals surface area contributed by atoms with E-state index in [-0.39, 0.29) is 5.69 Å². The molecule has 0 unspecified atom stereocenters. The van der Waals surface area contributed by atoms with Gasteiger partial charge in [0, 0.05) is 4.47 Å². The van der Waals surface area contributed by atoms with Crippen LogP contribution in [0.3, 0.4) is 0 Å². The van der Waals surface area contributed by atoms with E-state index >= 15 is 0 Å². The Labute approximate surface area is 150 Å². The molecule has 1 heterocycles. The number of hydrogen-bond acceptors (Lipinski definition) is 4. The molecular weight excluding hydrogens is 391 g/mol. The Morgan fingerprint density at radius 1 is 1.32 bits per heavy atom. The van der Waals surface area contributed by atoms with Crippen molar-refractivity contribution in [2.45, 2.75) is 19.4 Å². The number of hydrogen-bond donors (Lipinski definition) is 1. The molecule has 1 N–H and O–H groups in total. The molecule has 128 valence electrons. The van der Waals surface area contributed by atoms with Crippen LogP contribution >= 0.6 is 15.9 Å². The standard InChI is InChI=1S/C17H14BrFN4O2/c1-2-15(16(24)20-14-8-7-10(18)9-12(14)19)23-17(25)11-5-3-4-6-13(11)21-22-23/h3-9,15H,2H2,1H3,(H,20,24)/t15-/m1/s1. The van der Waals surface area contributed by atoms with Crippen LogP contribution in [-0.2, 0) is 4.79 Å². The number of carbonyl (C=O) groups excluding carboxylic acids is 1. The van der Waals surface area contributed by atoms with Crippen LogP contribution in [0.4, 0.5) is 10.1 Å². The number of carbonyl (C=O) groups is 1. The predicted molar refractivity (Wildman–Crippen MR) is 95.9 cm³/mol. The molecule has 0 radical (unpaired) electrons. The Bertz CT molecular complexity index is 1010. The van der Waals surface area contributed by atoms with E-state index in [0.29, 0.717) is 21.8 Å². The Morgan fingerprint density at radius 3 is 2.80 bits per heavy atom. The van der Waals surface area contributed by atoms with Gasteiger partial charge in [-0.1, -0.05) is 40.2 Å². The number of benzene rings is 2. The van der Waals surface area contributed by atoms with E-state index in [2.05, 4.69) is 31.6 Å². The molecule has 3 aromatic rings. The van der Waals surface area contributed by atoms with Crippen molar-refractivity contribution >= 4 is 38.4 Å². The fourth-order valence-corrected chi connectivity index (χ4v) is 2.82. The lowest BCUT2D eigenvalue weighted by atomic mass is 10.2. The minimum Gasteiger partial charge on any atom is -0.322 e. The molecule has 0 aliphatic heterocycles. The van der Waals surface area contributed by atoms with Crippen LogP contribution in [0.15, 0.2) is 51.7 Å². The maximum absolute atomic E-state index is 13.9. The van der Waals surface area contributed by atoms with Crippen molar-refractivity contribution in [1.82, 2.24) is 15.0 Å². The van der Waals surface area contributed by atoms with Gasteiger partial charge in [0.2, 0.25) is 5.91 Å². The zero-order valence-corrected chi connectivity index (χ0v) is 14.8. The van der Waals surface area contributed by atoms with E-state index in [1.54, 1.807) is 37.3 Å². The van der Waals surface area contributed by atoms with Crippen LogP contribution in [0.5, 0.6) is 0 Å². The quantitative estimate of drug-likeness (QED) is 0.723. The second kappa shape index (κ2) is 7.10. The molecule has 0 saturated carbocycles. The zero-order chi connectivity index (χ0) is 18.0. The van der Waals surface area contributed by atoms with Crippen molar-refractivity contribution in [2.75, 3.05) is 5.32 Å². The first kappa shape index (κ1) is 17.2. The summed E-state index contributed by atoms with van der Waals surface area (Å²) >= 11 is 3.16. The topological polar surface area (TPSA) is 76.9 Å². The third-order valence-electron chi connectivity index (χ3n) is 3.76. The SMILES string of the molecule is CC[C@H](C(=O)Nc1ccc(Br)cc1F)n1nnc2ccccc2c1=O. The molecule has 3 rings (SSSR count). The molecule has 0 spiro atoms. The molecule has 0 fully saturated rings. The maximum Gasteiger partial charge on any atom is 0.278 e. The van der Waals surface area contributed by atoms with Gasteiger partial charge in [0.25, 0.3) is 5.56 Å². The van der Waals surface area contributed by atoms with Crippen LogP contribution in [0, 0.1) is 5.82 Å². The predicted octanol–water partition coefficient (Wildman–Crippen LogP) is 3.28. The van der Waals surface area contributed by atoms with Crippen molar-refractivity contribution in [3.8, 4) is 0 Å². The van der Waals surface area contributed by atoms with Crippen molar-refractivity contribution in [3.63, 3.8) is 0 Å². The van der Waals surface area contributed by atoms with Crippen molar-refractivity contribution < 1.29 is 9.18 Å². The van der Waals surface area contributed by atoms with Crippen LogP contribution in [0.2, 0.25) is 0 Å². The van der Waals surface area contributed by atoms with Gasteiger partial charge in [-0.15, -0.1) is 5.10 Å². The molecule has 0 saturated heterocycles. The third kappa shape index (κ3) is 3.43. The van der Waals surface area contributed by atoms with Gasteiger partial charge in [-0.25, -0.2) is 4.39 Å². The van der Waals surface area contributed by atoms with E-state index < -0.39 is 23.3 Å². The van der Waals surface area contributed by atoms with Crippen molar-refractivity contribution in [1.29, 1.82) is 0 Å². The largest absolute Gasteiger partial charge is 0.322 e. The number of fused-ring (bicyclic) bond motifs is 1. The van der Waals surface area contributed by atoms with Crippen molar-refractivity contribution in [2.24, 2.45) is 0 Å². The fraction of sp³-hybridized carbons (Fsp3) is 0.176. The Hall–Kier alpha value is -2.61. The highest BCUT2D eigenvalue weighted by Gasteiger charge is 2.23. The Kier molecular flexibility index (Phi) is 4.89. The highest BCUT2D eigenvalue weighted by atomic mass is 79.9. The number of aromatic nitrogens is 3. The van der Waals surface area contributed by atoms with Crippen LogP contribution in [-0.4, -0.2) is 20.9 Å². The number of nitrogens with zero attached hydrogens (tertiary/aromatic N) is 3. The number of rotatable bonds is 4. The summed E-state index contributed by atoms with van der Waals surface area (Å²) in [6.45, 7) is 1.74. The van der Waals surface area contributed by atoms with Crippen LogP contribution < -0.4 is 10.9 Å². The normalized spacial score (nSPS) is 12.1. The molecule has 6 nitrogen and oxygen atoms in total. The van der Waals surface area contributed by atoms with Crippen LogP contribution in [0.25, 0.3) is 10.9 Å². The average molecular weight is 405 g/mol. The van der Waals surface area contributed by atoms with E-state index in [1.807, 2.05) is 0 Å². The summed E-state index contributed by atoms with van der Waals surface area (Å²) in [6, 6.07) is 10.2. The lowest BCUT2D eigenvalue weighted by Crippen LogP contribution is -2.35. The first-order valence-corrected chi connectivity index (χ1v) is 8.40. The molecule has 1 aromatic heterocycles. The van der Waals surface area contributed by atoms with Gasteiger partial charge < -0.3 is 5.32 Å². The first-order chi connectivity index (χ1) is 12.0. The molecule has 2 aromatic carbocycles. The highest BCUT2D eigenvalue weighted by molar-refractivity contribution is 9.10. The Morgan fingerprint density at radius 2 is 2.08 bits per heavy atom. The minimum absolute atomic E-state index is 0.0356. The number of anilines is 1. The molecule has 0 aliphatic rings. The smallest absolute Gasteiger partial charge is 0.278 e. The molecule has 0 bridgehead atoms. The molecule has 8 heteroatoms. The molecular formula is C17H14BrFN4O2. The van der Waals surface area contributed by atoms with E-state index in [9.17, 15) is 14.0 Å². The molecule has 0 aliphatic carbocycles. The Balaban J connectivity index is 1.95. The summed E-state index contributed by atoms with van der Waals surface area (Å²) in [5.41, 5.74) is 0.0790. The lowest BCUT2D eigenvalue weighted by Gasteiger charge is -2.16. The van der Waals surface area contributed by atoms with Crippen LogP contribution in [0.1, 0.15) is 19.4 Å². The third-order valence-corrected chi connectivity index (χ3v) is 4.26. The monoisotopic (exact) mass is 404 g/mol. The van der Waals surface area contributed by atoms with Gasteiger partial charge in [-0.3, -0.25) is 9.59 Å². The van der Waals surface area contributed by atoms with Crippen molar-refractivity contribution in [3.05, 3.63) is 63.1 Å². The minimum atomic E-state index is -0.896. The molecule has 1 atom stereocenters. The summed E-state index contributed by atoms with van der Waals surface area (Å²) in [6.07, 6.45) is 0.302. The molecule has 25 heavy (non-hydrogen) atoms. The number of halogens is 2. The van der Waals surface area contributed by atoms with Gasteiger partial charge >= 0.3 is 0 Å². The summed E-state index contributed by atoms with van der Waals surface area (Å²) in [5.74, 6) is -1.11. The van der Waals surface area contributed by atoms with E-state index in [0.717, 1.165) is 4.68 Å². The first-order valence-electron chi connectivity index (χ1n) is 7.61. The second-order valence-electron chi connectivity index (χ2n) is 5.39. The van der Waals surface area contributed by atoms with Gasteiger partial charge in [-0.05, 0) is 36.8 Å². The van der Waals surface area contributed by atoms with E-state index in [4.69, 9.17) is 0 Å². The summed E-state index contributed by atoms with van der Waals surface area (Å²) in [5, 5.41) is 10.7. The maximum atomic E-state index is 13.9. The summed E-state index contributed by atoms with van der Waals surface area (Å²) in [4.78, 5) is 25.2. The number of nitrogens with one attached hydrogen (secondary N) is 1. The van der Waals surface area contributed by atoms with Gasteiger partial charge in [0.1, 0.15) is 17.4 Å². The fourth-order valence-electron chi connectivity index (χ4n) is 2.48. The average Bonchev–Trinajstić information content (AvgIpc) is 2.60. The van der Waals surface area contributed by atoms with Gasteiger partial charge in [-0.2, -0.15) is 4.68 Å². The van der Waals surface area contributed by atoms with Gasteiger partial charge in [0.05, 0.1) is 11.1 Å².